The summed E-state index contributed by atoms with van der Waals surface area (Å²) >= 11 is 0. The molecule has 1 aromatic carbocycles. The molecule has 2 rings (SSSR count). The Morgan fingerprint density at radius 1 is 1.38 bits per heavy atom. The zero-order valence-electron chi connectivity index (χ0n) is 9.79. The van der Waals surface area contributed by atoms with Gasteiger partial charge in [-0.15, -0.1) is 0 Å². The molecule has 16 heavy (non-hydrogen) atoms. The molecule has 1 saturated heterocycles. The highest BCUT2D eigenvalue weighted by Crippen LogP contribution is 2.14. The lowest BCUT2D eigenvalue weighted by Crippen LogP contribution is -2.51. The largest absolute Gasteiger partial charge is 0.349 e. The van der Waals surface area contributed by atoms with Gasteiger partial charge in [0.2, 0.25) is 5.91 Å². The first-order valence-corrected chi connectivity index (χ1v) is 5.74. The van der Waals surface area contributed by atoms with Crippen LogP contribution in [0, 0.1) is 12.8 Å². The normalized spacial score (nSPS) is 17.6. The molecule has 3 nitrogen and oxygen atoms in total. The third kappa shape index (κ3) is 2.42. The van der Waals surface area contributed by atoms with Crippen LogP contribution in [0.5, 0.6) is 0 Å². The van der Waals surface area contributed by atoms with Crippen LogP contribution in [0.2, 0.25) is 0 Å². The van der Waals surface area contributed by atoms with Crippen LogP contribution in [0.3, 0.4) is 0 Å². The van der Waals surface area contributed by atoms with Crippen LogP contribution in [0.15, 0.2) is 24.3 Å². The van der Waals surface area contributed by atoms with Gasteiger partial charge < -0.3 is 10.6 Å². The number of hydrogen-bond donors (Lipinski definition) is 2. The van der Waals surface area contributed by atoms with Gasteiger partial charge in [0.25, 0.3) is 0 Å². The highest BCUT2D eigenvalue weighted by Gasteiger charge is 2.25. The molecule has 0 aliphatic carbocycles. The van der Waals surface area contributed by atoms with Gasteiger partial charge in [0, 0.05) is 13.1 Å². The number of aryl methyl sites for hydroxylation is 1. The molecule has 1 aliphatic heterocycles. The smallest absolute Gasteiger partial charge is 0.226 e. The van der Waals surface area contributed by atoms with E-state index < -0.39 is 0 Å². The van der Waals surface area contributed by atoms with Crippen molar-refractivity contribution < 1.29 is 4.79 Å². The maximum absolute atomic E-state index is 11.7. The molecule has 3 heteroatoms. The summed E-state index contributed by atoms with van der Waals surface area (Å²) in [5.41, 5.74) is 2.40. The van der Waals surface area contributed by atoms with Crippen LogP contribution in [0.25, 0.3) is 0 Å². The van der Waals surface area contributed by atoms with E-state index in [9.17, 15) is 4.79 Å². The topological polar surface area (TPSA) is 41.1 Å². The first-order valence-electron chi connectivity index (χ1n) is 5.74. The summed E-state index contributed by atoms with van der Waals surface area (Å²) in [6.45, 7) is 5.71. The minimum Gasteiger partial charge on any atom is -0.349 e. The Hall–Kier alpha value is -1.35. The fourth-order valence-corrected chi connectivity index (χ4v) is 1.74. The monoisotopic (exact) mass is 218 g/mol. The van der Waals surface area contributed by atoms with Gasteiger partial charge in [-0.05, 0) is 19.4 Å². The predicted octanol–water partition coefficient (Wildman–Crippen LogP) is 1.39. The second kappa shape index (κ2) is 4.66. The number of hydrogen-bond acceptors (Lipinski definition) is 2. The zero-order chi connectivity index (χ0) is 11.5. The highest BCUT2D eigenvalue weighted by atomic mass is 16.2. The quantitative estimate of drug-likeness (QED) is 0.805. The van der Waals surface area contributed by atoms with E-state index in [1.807, 2.05) is 6.92 Å². The fourth-order valence-electron chi connectivity index (χ4n) is 1.74. The van der Waals surface area contributed by atoms with Gasteiger partial charge in [-0.25, -0.2) is 0 Å². The molecule has 86 valence electrons. The van der Waals surface area contributed by atoms with Gasteiger partial charge in [0.15, 0.2) is 0 Å². The van der Waals surface area contributed by atoms with Crippen molar-refractivity contribution in [2.75, 3.05) is 13.1 Å². The third-order valence-electron chi connectivity index (χ3n) is 3.09. The van der Waals surface area contributed by atoms with Crippen LogP contribution >= 0.6 is 0 Å². The molecule has 2 N–H and O–H groups in total. The number of carbonyl (C=O) groups excluding carboxylic acids is 1. The van der Waals surface area contributed by atoms with E-state index in [0.717, 1.165) is 18.7 Å². The molecule has 1 unspecified atom stereocenters. The molecule has 1 aromatic rings. The van der Waals surface area contributed by atoms with Crippen molar-refractivity contribution in [3.63, 3.8) is 0 Å². The van der Waals surface area contributed by atoms with E-state index in [0.29, 0.717) is 0 Å². The van der Waals surface area contributed by atoms with Gasteiger partial charge in [-0.3, -0.25) is 4.79 Å². The van der Waals surface area contributed by atoms with Crippen LogP contribution in [0.4, 0.5) is 0 Å². The zero-order valence-corrected chi connectivity index (χ0v) is 9.79. The summed E-state index contributed by atoms with van der Waals surface area (Å²) in [5.74, 6) is 0.319. The molecule has 1 fully saturated rings. The Labute approximate surface area is 96.2 Å². The first kappa shape index (κ1) is 11.1. The summed E-state index contributed by atoms with van der Waals surface area (Å²) in [7, 11) is 0. The van der Waals surface area contributed by atoms with Gasteiger partial charge in [0.05, 0.1) is 12.0 Å². The Balaban J connectivity index is 1.94. The van der Waals surface area contributed by atoms with E-state index in [1.165, 1.54) is 5.56 Å². The molecule has 1 aliphatic rings. The van der Waals surface area contributed by atoms with Crippen molar-refractivity contribution >= 4 is 5.91 Å². The summed E-state index contributed by atoms with van der Waals surface area (Å²) in [5, 5.41) is 6.14. The van der Waals surface area contributed by atoms with Crippen molar-refractivity contribution in [3.05, 3.63) is 35.4 Å². The number of benzene rings is 1. The van der Waals surface area contributed by atoms with Crippen LogP contribution in [-0.2, 0) is 4.79 Å². The number of rotatable bonds is 3. The van der Waals surface area contributed by atoms with Gasteiger partial charge >= 0.3 is 0 Å². The summed E-state index contributed by atoms with van der Waals surface area (Å²) in [6.07, 6.45) is 0. The maximum atomic E-state index is 11.7. The van der Waals surface area contributed by atoms with Gasteiger partial charge in [0.1, 0.15) is 0 Å². The molecule has 0 radical (unpaired) electrons. The molecule has 1 heterocycles. The van der Waals surface area contributed by atoms with Gasteiger partial charge in [-0.2, -0.15) is 0 Å². The minimum atomic E-state index is 0.0914. The molecular formula is C13H18N2O. The standard InChI is InChI=1S/C13H18N2O/c1-9-3-5-11(6-4-9)10(2)15-13(16)12-7-14-8-12/h3-6,10,12,14H,7-8H2,1-2H3,(H,15,16). The lowest BCUT2D eigenvalue weighted by molar-refractivity contribution is -0.127. The molecule has 1 atom stereocenters. The second-order valence-electron chi connectivity index (χ2n) is 4.50. The Morgan fingerprint density at radius 2 is 2.00 bits per heavy atom. The van der Waals surface area contributed by atoms with Crippen molar-refractivity contribution in [1.29, 1.82) is 0 Å². The van der Waals surface area contributed by atoms with Crippen LogP contribution in [0.1, 0.15) is 24.1 Å². The highest BCUT2D eigenvalue weighted by molar-refractivity contribution is 5.80. The number of carbonyl (C=O) groups is 1. The predicted molar refractivity (Wildman–Crippen MR) is 64.1 cm³/mol. The lowest BCUT2D eigenvalue weighted by Gasteiger charge is -2.27. The maximum Gasteiger partial charge on any atom is 0.226 e. The number of nitrogens with one attached hydrogen (secondary N) is 2. The van der Waals surface area contributed by atoms with E-state index in [1.54, 1.807) is 0 Å². The van der Waals surface area contributed by atoms with Crippen LogP contribution in [-0.4, -0.2) is 19.0 Å². The number of amides is 1. The van der Waals surface area contributed by atoms with E-state index in [4.69, 9.17) is 0 Å². The van der Waals surface area contributed by atoms with Crippen molar-refractivity contribution in [3.8, 4) is 0 Å². The van der Waals surface area contributed by atoms with E-state index in [-0.39, 0.29) is 17.9 Å². The third-order valence-corrected chi connectivity index (χ3v) is 3.09. The molecule has 0 bridgehead atoms. The molecule has 1 amide bonds. The average Bonchev–Trinajstić information content (AvgIpc) is 2.15. The summed E-state index contributed by atoms with van der Waals surface area (Å²) in [6, 6.07) is 8.37. The summed E-state index contributed by atoms with van der Waals surface area (Å²) < 4.78 is 0. The second-order valence-corrected chi connectivity index (χ2v) is 4.50. The lowest BCUT2D eigenvalue weighted by atomic mass is 10.0. The molecular weight excluding hydrogens is 200 g/mol. The summed E-state index contributed by atoms with van der Waals surface area (Å²) in [4.78, 5) is 11.7. The molecule has 0 saturated carbocycles. The fraction of sp³-hybridized carbons (Fsp3) is 0.462. The minimum absolute atomic E-state index is 0.0914. The van der Waals surface area contributed by atoms with Crippen molar-refractivity contribution in [1.82, 2.24) is 10.6 Å². The van der Waals surface area contributed by atoms with Gasteiger partial charge in [-0.1, -0.05) is 29.8 Å². The first-order chi connectivity index (χ1) is 7.66. The van der Waals surface area contributed by atoms with Crippen molar-refractivity contribution in [2.24, 2.45) is 5.92 Å². The Kier molecular flexibility index (Phi) is 3.25. The van der Waals surface area contributed by atoms with Crippen LogP contribution < -0.4 is 10.6 Å². The van der Waals surface area contributed by atoms with Crippen molar-refractivity contribution in [2.45, 2.75) is 19.9 Å². The SMILES string of the molecule is Cc1ccc(C(C)NC(=O)C2CNC2)cc1. The van der Waals surface area contributed by atoms with E-state index in [2.05, 4.69) is 41.8 Å². The van der Waals surface area contributed by atoms with E-state index >= 15 is 0 Å². The average molecular weight is 218 g/mol. The molecule has 0 aromatic heterocycles. The molecule has 0 spiro atoms. The Morgan fingerprint density at radius 3 is 2.50 bits per heavy atom. The Bertz CT molecular complexity index is 368.